The number of likely N-dealkylation sites (tertiary alicyclic amines) is 1. The lowest BCUT2D eigenvalue weighted by Crippen LogP contribution is -2.47. The maximum Gasteiger partial charge on any atom is 0.132 e. The van der Waals surface area contributed by atoms with E-state index in [-0.39, 0.29) is 0 Å². The second kappa shape index (κ2) is 15.9. The van der Waals surface area contributed by atoms with Crippen molar-refractivity contribution in [2.24, 2.45) is 0 Å². The van der Waals surface area contributed by atoms with E-state index in [1.54, 1.807) is 5.69 Å². The third kappa shape index (κ3) is 10.2. The van der Waals surface area contributed by atoms with Crippen LogP contribution in [-0.2, 0) is 0 Å². The summed E-state index contributed by atoms with van der Waals surface area (Å²) in [6, 6.07) is 11.3. The normalized spacial score (nSPS) is 15.8. The SMILES string of the molecule is CCCCCCCCCCCCCCCCCC[N+]1(c2ccccc2)CCCC1. The first-order valence-corrected chi connectivity index (χ1v) is 13.3. The van der Waals surface area contributed by atoms with Gasteiger partial charge in [0.2, 0.25) is 0 Å². The van der Waals surface area contributed by atoms with Crippen molar-refractivity contribution >= 4 is 5.69 Å². The fourth-order valence-corrected chi connectivity index (χ4v) is 5.26. The Kier molecular flexibility index (Phi) is 13.4. The first kappa shape index (κ1) is 24.4. The molecular weight excluding hydrogens is 350 g/mol. The van der Waals surface area contributed by atoms with E-state index >= 15 is 0 Å². The van der Waals surface area contributed by atoms with Crippen molar-refractivity contribution < 1.29 is 0 Å². The van der Waals surface area contributed by atoms with Gasteiger partial charge in [-0.1, -0.05) is 115 Å². The molecule has 1 nitrogen and oxygen atoms in total. The molecule has 0 saturated carbocycles. The molecule has 0 N–H and O–H groups in total. The molecule has 0 radical (unpaired) electrons. The summed E-state index contributed by atoms with van der Waals surface area (Å²) in [4.78, 5) is 0. The van der Waals surface area contributed by atoms with Crippen molar-refractivity contribution in [2.75, 3.05) is 19.6 Å². The van der Waals surface area contributed by atoms with E-state index in [1.807, 2.05) is 0 Å². The van der Waals surface area contributed by atoms with Gasteiger partial charge in [0.25, 0.3) is 0 Å². The van der Waals surface area contributed by atoms with E-state index in [4.69, 9.17) is 0 Å². The van der Waals surface area contributed by atoms with Gasteiger partial charge in [-0.15, -0.1) is 0 Å². The summed E-state index contributed by atoms with van der Waals surface area (Å²) in [7, 11) is 0. The predicted octanol–water partition coefficient (Wildman–Crippen LogP) is 9.05. The molecule has 1 aromatic rings. The Hall–Kier alpha value is -0.820. The number of hydrogen-bond acceptors (Lipinski definition) is 0. The lowest BCUT2D eigenvalue weighted by molar-refractivity contribution is 0.322. The smallest absolute Gasteiger partial charge is 0.132 e. The van der Waals surface area contributed by atoms with Crippen LogP contribution in [0.2, 0.25) is 0 Å². The Morgan fingerprint density at radius 3 is 1.41 bits per heavy atom. The van der Waals surface area contributed by atoms with Crippen molar-refractivity contribution in [3.8, 4) is 0 Å². The van der Waals surface area contributed by atoms with E-state index in [9.17, 15) is 0 Å². The highest BCUT2D eigenvalue weighted by molar-refractivity contribution is 5.43. The summed E-state index contributed by atoms with van der Waals surface area (Å²) in [5, 5.41) is 0. The van der Waals surface area contributed by atoms with Gasteiger partial charge in [0.1, 0.15) is 5.69 Å². The van der Waals surface area contributed by atoms with Crippen LogP contribution in [0.3, 0.4) is 0 Å². The lowest BCUT2D eigenvalue weighted by Gasteiger charge is -2.34. The highest BCUT2D eigenvalue weighted by atomic mass is 15.4. The molecule has 2 rings (SSSR count). The van der Waals surface area contributed by atoms with Crippen LogP contribution in [0.5, 0.6) is 0 Å². The second-order valence-electron chi connectivity index (χ2n) is 9.66. The molecular formula is C28H50N+. The molecule has 0 unspecified atom stereocenters. The van der Waals surface area contributed by atoms with Crippen molar-refractivity contribution in [3.63, 3.8) is 0 Å². The average molecular weight is 401 g/mol. The topological polar surface area (TPSA) is 0 Å². The summed E-state index contributed by atoms with van der Waals surface area (Å²) in [5.74, 6) is 0. The molecule has 0 bridgehead atoms. The van der Waals surface area contributed by atoms with E-state index in [2.05, 4.69) is 37.3 Å². The van der Waals surface area contributed by atoms with Crippen LogP contribution in [0.1, 0.15) is 122 Å². The molecule has 0 amide bonds. The van der Waals surface area contributed by atoms with Gasteiger partial charge in [0, 0.05) is 12.8 Å². The molecule has 29 heavy (non-hydrogen) atoms. The number of para-hydroxylation sites is 1. The third-order valence-corrected chi connectivity index (χ3v) is 7.17. The van der Waals surface area contributed by atoms with Gasteiger partial charge < -0.3 is 0 Å². The molecule has 0 aliphatic carbocycles. The van der Waals surface area contributed by atoms with Crippen LogP contribution in [0.25, 0.3) is 0 Å². The van der Waals surface area contributed by atoms with Gasteiger partial charge in [-0.3, -0.25) is 4.48 Å². The predicted molar refractivity (Wildman–Crippen MR) is 132 cm³/mol. The van der Waals surface area contributed by atoms with Crippen LogP contribution in [-0.4, -0.2) is 19.6 Å². The summed E-state index contributed by atoms with van der Waals surface area (Å²) in [6.07, 6.45) is 26.1. The zero-order valence-corrected chi connectivity index (χ0v) is 19.7. The Labute approximate surface area is 182 Å². The van der Waals surface area contributed by atoms with Crippen LogP contribution in [0.4, 0.5) is 5.69 Å². The number of quaternary nitrogens is 1. The molecule has 0 spiro atoms. The molecule has 1 fully saturated rings. The highest BCUT2D eigenvalue weighted by Gasteiger charge is 2.33. The van der Waals surface area contributed by atoms with Gasteiger partial charge in [0.05, 0.1) is 19.6 Å². The molecule has 0 aromatic heterocycles. The fourth-order valence-electron chi connectivity index (χ4n) is 5.26. The minimum atomic E-state index is 1.26. The van der Waals surface area contributed by atoms with E-state index in [1.165, 1.54) is 140 Å². The number of nitrogens with zero attached hydrogens (tertiary/aromatic N) is 1. The van der Waals surface area contributed by atoms with Gasteiger partial charge in [-0.2, -0.15) is 0 Å². The summed E-state index contributed by atoms with van der Waals surface area (Å²) in [6.45, 7) is 6.39. The molecule has 0 atom stereocenters. The first-order chi connectivity index (χ1) is 14.4. The fraction of sp³-hybridized carbons (Fsp3) is 0.786. The zero-order valence-electron chi connectivity index (χ0n) is 19.7. The molecule has 1 aliphatic heterocycles. The van der Waals surface area contributed by atoms with Crippen LogP contribution in [0, 0.1) is 0 Å². The molecule has 166 valence electrons. The lowest BCUT2D eigenvalue weighted by atomic mass is 10.0. The maximum absolute atomic E-state index is 2.36. The Morgan fingerprint density at radius 2 is 0.966 bits per heavy atom. The number of rotatable bonds is 18. The van der Waals surface area contributed by atoms with Gasteiger partial charge >= 0.3 is 0 Å². The summed E-state index contributed by atoms with van der Waals surface area (Å²) < 4.78 is 1.26. The monoisotopic (exact) mass is 400 g/mol. The molecule has 1 aliphatic rings. The number of benzene rings is 1. The van der Waals surface area contributed by atoms with Gasteiger partial charge in [-0.25, -0.2) is 0 Å². The largest absolute Gasteiger partial charge is 0.291 e. The first-order valence-electron chi connectivity index (χ1n) is 13.3. The van der Waals surface area contributed by atoms with Crippen LogP contribution >= 0.6 is 0 Å². The van der Waals surface area contributed by atoms with Crippen molar-refractivity contribution in [3.05, 3.63) is 30.3 Å². The quantitative estimate of drug-likeness (QED) is 0.170. The minimum Gasteiger partial charge on any atom is -0.291 e. The Balaban J connectivity index is 1.39. The van der Waals surface area contributed by atoms with Gasteiger partial charge in [0.15, 0.2) is 0 Å². The average Bonchev–Trinajstić information content (AvgIpc) is 3.24. The molecule has 1 heterocycles. The summed E-state index contributed by atoms with van der Waals surface area (Å²) in [5.41, 5.74) is 1.56. The zero-order chi connectivity index (χ0) is 20.5. The summed E-state index contributed by atoms with van der Waals surface area (Å²) >= 11 is 0. The van der Waals surface area contributed by atoms with E-state index in [0.29, 0.717) is 0 Å². The Morgan fingerprint density at radius 1 is 0.552 bits per heavy atom. The van der Waals surface area contributed by atoms with E-state index in [0.717, 1.165) is 0 Å². The van der Waals surface area contributed by atoms with E-state index < -0.39 is 0 Å². The van der Waals surface area contributed by atoms with Crippen molar-refractivity contribution in [1.29, 1.82) is 0 Å². The maximum atomic E-state index is 2.36. The van der Waals surface area contributed by atoms with Gasteiger partial charge in [-0.05, 0) is 25.0 Å². The number of hydrogen-bond donors (Lipinski definition) is 0. The number of unbranched alkanes of at least 4 members (excludes halogenated alkanes) is 15. The standard InChI is InChI=1S/C28H50N/c1-2-3-4-5-6-7-8-9-10-11-12-13-14-15-16-20-25-29(26-21-22-27-29)28-23-18-17-19-24-28/h17-19,23-24H,2-16,20-22,25-27H2,1H3/q+1. The van der Waals surface area contributed by atoms with Crippen molar-refractivity contribution in [1.82, 2.24) is 4.48 Å². The van der Waals surface area contributed by atoms with Crippen LogP contribution < -0.4 is 4.48 Å². The third-order valence-electron chi connectivity index (χ3n) is 7.17. The Bertz CT molecular complexity index is 474. The molecule has 1 saturated heterocycles. The molecule has 1 heteroatoms. The second-order valence-corrected chi connectivity index (χ2v) is 9.66. The minimum absolute atomic E-state index is 1.26. The van der Waals surface area contributed by atoms with Crippen LogP contribution in [0.15, 0.2) is 30.3 Å². The molecule has 1 aromatic carbocycles. The highest BCUT2D eigenvalue weighted by Crippen LogP contribution is 2.30. The van der Waals surface area contributed by atoms with Crippen molar-refractivity contribution in [2.45, 2.75) is 122 Å².